The molecule has 0 amide bonds. The van der Waals surface area contributed by atoms with E-state index in [2.05, 4.69) is 45.0 Å². The predicted molar refractivity (Wildman–Crippen MR) is 76.4 cm³/mol. The highest BCUT2D eigenvalue weighted by molar-refractivity contribution is 4.87. The molecule has 1 fully saturated rings. The molecule has 17 heavy (non-hydrogen) atoms. The topological polar surface area (TPSA) is 15.3 Å². The molecule has 2 heteroatoms. The molecule has 102 valence electrons. The molecule has 2 atom stereocenters. The molecule has 2 unspecified atom stereocenters. The van der Waals surface area contributed by atoms with E-state index in [0.717, 1.165) is 6.04 Å². The van der Waals surface area contributed by atoms with Gasteiger partial charge in [-0.15, -0.1) is 0 Å². The Morgan fingerprint density at radius 3 is 2.47 bits per heavy atom. The van der Waals surface area contributed by atoms with Gasteiger partial charge in [0.1, 0.15) is 0 Å². The first-order chi connectivity index (χ1) is 8.00. The zero-order valence-corrected chi connectivity index (χ0v) is 12.6. The SMILES string of the molecule is CCCC(C)N(C)CC(C)(CC)CNC1CC1. The van der Waals surface area contributed by atoms with E-state index >= 15 is 0 Å². The summed E-state index contributed by atoms with van der Waals surface area (Å²) in [6.07, 6.45) is 6.64. The zero-order chi connectivity index (χ0) is 12.9. The van der Waals surface area contributed by atoms with E-state index in [1.165, 1.54) is 45.2 Å². The second kappa shape index (κ2) is 6.75. The monoisotopic (exact) mass is 240 g/mol. The van der Waals surface area contributed by atoms with Crippen molar-refractivity contribution in [3.05, 3.63) is 0 Å². The molecule has 1 saturated carbocycles. The van der Waals surface area contributed by atoms with Crippen LogP contribution < -0.4 is 5.32 Å². The van der Waals surface area contributed by atoms with Crippen LogP contribution in [-0.2, 0) is 0 Å². The van der Waals surface area contributed by atoms with Gasteiger partial charge in [0, 0.05) is 25.2 Å². The number of rotatable bonds is 9. The maximum Gasteiger partial charge on any atom is 0.00684 e. The van der Waals surface area contributed by atoms with E-state index in [1.807, 2.05) is 0 Å². The highest BCUT2D eigenvalue weighted by Crippen LogP contribution is 2.26. The Morgan fingerprint density at radius 1 is 1.35 bits per heavy atom. The van der Waals surface area contributed by atoms with Crippen LogP contribution >= 0.6 is 0 Å². The van der Waals surface area contributed by atoms with E-state index in [0.29, 0.717) is 11.5 Å². The van der Waals surface area contributed by atoms with Crippen molar-refractivity contribution >= 4 is 0 Å². The minimum absolute atomic E-state index is 0.430. The molecule has 0 spiro atoms. The maximum atomic E-state index is 3.70. The van der Waals surface area contributed by atoms with Crippen molar-refractivity contribution in [2.45, 2.75) is 71.9 Å². The molecule has 0 aliphatic heterocycles. The molecule has 2 nitrogen and oxygen atoms in total. The number of hydrogen-bond donors (Lipinski definition) is 1. The summed E-state index contributed by atoms with van der Waals surface area (Å²) in [5.41, 5.74) is 0.430. The van der Waals surface area contributed by atoms with Crippen molar-refractivity contribution < 1.29 is 0 Å². The second-order valence-corrected chi connectivity index (χ2v) is 6.37. The molecule has 0 aromatic heterocycles. The van der Waals surface area contributed by atoms with E-state index in [-0.39, 0.29) is 0 Å². The van der Waals surface area contributed by atoms with Crippen LogP contribution in [0.5, 0.6) is 0 Å². The van der Waals surface area contributed by atoms with E-state index in [4.69, 9.17) is 0 Å². The van der Waals surface area contributed by atoms with Gasteiger partial charge < -0.3 is 10.2 Å². The van der Waals surface area contributed by atoms with Crippen molar-refractivity contribution in [1.82, 2.24) is 10.2 Å². The van der Waals surface area contributed by atoms with Gasteiger partial charge in [-0.2, -0.15) is 0 Å². The lowest BCUT2D eigenvalue weighted by atomic mass is 9.86. The van der Waals surface area contributed by atoms with Crippen LogP contribution in [-0.4, -0.2) is 37.1 Å². The average Bonchev–Trinajstić information content (AvgIpc) is 3.10. The first kappa shape index (κ1) is 15.0. The summed E-state index contributed by atoms with van der Waals surface area (Å²) in [5.74, 6) is 0. The minimum atomic E-state index is 0.430. The van der Waals surface area contributed by atoms with Crippen LogP contribution in [0.3, 0.4) is 0 Å². The molecule has 0 aromatic rings. The van der Waals surface area contributed by atoms with Crippen LogP contribution in [0.2, 0.25) is 0 Å². The van der Waals surface area contributed by atoms with Gasteiger partial charge in [-0.1, -0.05) is 27.2 Å². The van der Waals surface area contributed by atoms with Crippen LogP contribution in [0, 0.1) is 5.41 Å². The molecule has 1 aliphatic rings. The van der Waals surface area contributed by atoms with Gasteiger partial charge in [0.2, 0.25) is 0 Å². The largest absolute Gasteiger partial charge is 0.313 e. The first-order valence-electron chi connectivity index (χ1n) is 7.44. The van der Waals surface area contributed by atoms with Crippen LogP contribution in [0.1, 0.15) is 59.8 Å². The number of nitrogens with zero attached hydrogens (tertiary/aromatic N) is 1. The van der Waals surface area contributed by atoms with Gasteiger partial charge in [0.15, 0.2) is 0 Å². The summed E-state index contributed by atoms with van der Waals surface area (Å²) >= 11 is 0. The summed E-state index contributed by atoms with van der Waals surface area (Å²) in [4.78, 5) is 2.54. The number of hydrogen-bond acceptors (Lipinski definition) is 2. The fraction of sp³-hybridized carbons (Fsp3) is 1.00. The molecular formula is C15H32N2. The van der Waals surface area contributed by atoms with E-state index in [1.54, 1.807) is 0 Å². The Labute approximate surface area is 108 Å². The fourth-order valence-electron chi connectivity index (χ4n) is 2.37. The third kappa shape index (κ3) is 5.39. The Balaban J connectivity index is 2.36. The van der Waals surface area contributed by atoms with Crippen molar-refractivity contribution in [3.8, 4) is 0 Å². The lowest BCUT2D eigenvalue weighted by Gasteiger charge is -2.36. The third-order valence-corrected chi connectivity index (χ3v) is 4.34. The van der Waals surface area contributed by atoms with Gasteiger partial charge in [0.05, 0.1) is 0 Å². The highest BCUT2D eigenvalue weighted by atomic mass is 15.1. The predicted octanol–water partition coefficient (Wildman–Crippen LogP) is 3.28. The summed E-state index contributed by atoms with van der Waals surface area (Å²) in [5, 5.41) is 3.70. The molecular weight excluding hydrogens is 208 g/mol. The van der Waals surface area contributed by atoms with Crippen molar-refractivity contribution in [2.75, 3.05) is 20.1 Å². The van der Waals surface area contributed by atoms with E-state index < -0.39 is 0 Å². The summed E-state index contributed by atoms with van der Waals surface area (Å²) in [6.45, 7) is 11.8. The normalized spacial score (nSPS) is 21.5. The van der Waals surface area contributed by atoms with Gasteiger partial charge >= 0.3 is 0 Å². The molecule has 0 bridgehead atoms. The highest BCUT2D eigenvalue weighted by Gasteiger charge is 2.29. The Morgan fingerprint density at radius 2 is 2.00 bits per heavy atom. The van der Waals surface area contributed by atoms with Crippen molar-refractivity contribution in [1.29, 1.82) is 0 Å². The number of nitrogens with one attached hydrogen (secondary N) is 1. The molecule has 1 N–H and O–H groups in total. The van der Waals surface area contributed by atoms with Crippen LogP contribution in [0.25, 0.3) is 0 Å². The summed E-state index contributed by atoms with van der Waals surface area (Å²) < 4.78 is 0. The van der Waals surface area contributed by atoms with Gasteiger partial charge in [-0.25, -0.2) is 0 Å². The average molecular weight is 240 g/mol. The van der Waals surface area contributed by atoms with Gasteiger partial charge in [0.25, 0.3) is 0 Å². The molecule has 0 aromatic carbocycles. The maximum absolute atomic E-state index is 3.70. The second-order valence-electron chi connectivity index (χ2n) is 6.37. The standard InChI is InChI=1S/C15H32N2/c1-6-8-13(3)17(5)12-15(4,7-2)11-16-14-9-10-14/h13-14,16H,6-12H2,1-5H3. The first-order valence-corrected chi connectivity index (χ1v) is 7.44. The van der Waals surface area contributed by atoms with Crippen LogP contribution in [0.15, 0.2) is 0 Å². The Kier molecular flexibility index (Phi) is 5.94. The third-order valence-electron chi connectivity index (χ3n) is 4.34. The molecule has 1 rings (SSSR count). The van der Waals surface area contributed by atoms with Crippen molar-refractivity contribution in [2.24, 2.45) is 5.41 Å². The van der Waals surface area contributed by atoms with Crippen molar-refractivity contribution in [3.63, 3.8) is 0 Å². The summed E-state index contributed by atoms with van der Waals surface area (Å²) in [7, 11) is 2.28. The summed E-state index contributed by atoms with van der Waals surface area (Å²) in [6, 6.07) is 1.55. The zero-order valence-electron chi connectivity index (χ0n) is 12.6. The fourth-order valence-corrected chi connectivity index (χ4v) is 2.37. The lowest BCUT2D eigenvalue weighted by Crippen LogP contribution is -2.44. The minimum Gasteiger partial charge on any atom is -0.313 e. The Hall–Kier alpha value is -0.0800. The molecule has 0 heterocycles. The molecule has 0 radical (unpaired) electrons. The van der Waals surface area contributed by atoms with E-state index in [9.17, 15) is 0 Å². The van der Waals surface area contributed by atoms with Crippen LogP contribution in [0.4, 0.5) is 0 Å². The van der Waals surface area contributed by atoms with Gasteiger partial charge in [-0.3, -0.25) is 0 Å². The molecule has 0 saturated heterocycles. The molecule has 1 aliphatic carbocycles. The quantitative estimate of drug-likeness (QED) is 0.665. The van der Waals surface area contributed by atoms with Gasteiger partial charge in [-0.05, 0) is 45.1 Å². The lowest BCUT2D eigenvalue weighted by molar-refractivity contribution is 0.142. The Bertz CT molecular complexity index is 213. The smallest absolute Gasteiger partial charge is 0.00684 e.